The number of sulfonamides is 1. The predicted molar refractivity (Wildman–Crippen MR) is 90.9 cm³/mol. The van der Waals surface area contributed by atoms with E-state index in [1.807, 2.05) is 7.05 Å². The average Bonchev–Trinajstić information content (AvgIpc) is 2.46. The molecule has 1 aromatic heterocycles. The summed E-state index contributed by atoms with van der Waals surface area (Å²) >= 11 is 0. The summed E-state index contributed by atoms with van der Waals surface area (Å²) in [4.78, 5) is 6.73. The van der Waals surface area contributed by atoms with E-state index in [1.165, 1.54) is 25.5 Å². The zero-order valence-corrected chi connectivity index (χ0v) is 14.7. The van der Waals surface area contributed by atoms with Crippen molar-refractivity contribution in [2.75, 3.05) is 38.5 Å². The quantitative estimate of drug-likeness (QED) is 0.884. The molecule has 0 aromatic carbocycles. The van der Waals surface area contributed by atoms with Crippen LogP contribution in [-0.2, 0) is 10.0 Å². The highest BCUT2D eigenvalue weighted by Gasteiger charge is 2.28. The molecule has 1 saturated carbocycles. The summed E-state index contributed by atoms with van der Waals surface area (Å²) in [5.41, 5.74) is 0. The zero-order chi connectivity index (χ0) is 16.4. The second-order valence-corrected chi connectivity index (χ2v) is 8.65. The Morgan fingerprint density at radius 3 is 2.43 bits per heavy atom. The molecule has 0 spiro atoms. The summed E-state index contributed by atoms with van der Waals surface area (Å²) in [6.07, 6.45) is 5.32. The van der Waals surface area contributed by atoms with E-state index in [1.54, 1.807) is 16.4 Å². The Hall–Kier alpha value is -1.18. The lowest BCUT2D eigenvalue weighted by Gasteiger charge is -2.32. The van der Waals surface area contributed by atoms with E-state index in [2.05, 4.69) is 22.1 Å². The molecule has 0 bridgehead atoms. The van der Waals surface area contributed by atoms with Gasteiger partial charge in [-0.15, -0.1) is 0 Å². The summed E-state index contributed by atoms with van der Waals surface area (Å²) in [6, 6.07) is 3.82. The van der Waals surface area contributed by atoms with Gasteiger partial charge in [0, 0.05) is 38.4 Å². The molecule has 6 nitrogen and oxygen atoms in total. The van der Waals surface area contributed by atoms with E-state index in [0.29, 0.717) is 25.0 Å². The molecule has 1 saturated heterocycles. The monoisotopic (exact) mass is 338 g/mol. The molecule has 2 heterocycles. The standard InChI is InChI=1S/C16H26N4O2S/c1-13(14-4-3-5-14)18-16-7-6-15(12-17-16)23(21,22)20-10-8-19(2)9-11-20/h6-7,12-14H,3-5,8-11H2,1-2H3,(H,17,18). The van der Waals surface area contributed by atoms with Gasteiger partial charge in [0.15, 0.2) is 0 Å². The van der Waals surface area contributed by atoms with Gasteiger partial charge in [0.05, 0.1) is 0 Å². The van der Waals surface area contributed by atoms with E-state index in [-0.39, 0.29) is 4.90 Å². The molecule has 0 amide bonds. The SMILES string of the molecule is CC(Nc1ccc(S(=O)(=O)N2CCN(C)CC2)cn1)C1CCC1. The lowest BCUT2D eigenvalue weighted by Crippen LogP contribution is -2.47. The average molecular weight is 338 g/mol. The molecule has 2 fully saturated rings. The Bertz CT molecular complexity index is 620. The number of aromatic nitrogens is 1. The van der Waals surface area contributed by atoms with Gasteiger partial charge in [-0.1, -0.05) is 6.42 Å². The largest absolute Gasteiger partial charge is 0.367 e. The van der Waals surface area contributed by atoms with Crippen LogP contribution >= 0.6 is 0 Å². The van der Waals surface area contributed by atoms with Crippen LogP contribution in [0.2, 0.25) is 0 Å². The minimum atomic E-state index is -3.42. The first-order valence-corrected chi connectivity index (χ1v) is 9.82. The van der Waals surface area contributed by atoms with Crippen LogP contribution in [0.1, 0.15) is 26.2 Å². The summed E-state index contributed by atoms with van der Waals surface area (Å²) in [5.74, 6) is 1.47. The Morgan fingerprint density at radius 1 is 1.22 bits per heavy atom. The number of piperazine rings is 1. The molecule has 0 radical (unpaired) electrons. The van der Waals surface area contributed by atoms with Crippen LogP contribution in [0.5, 0.6) is 0 Å². The third-order valence-electron chi connectivity index (χ3n) is 5.07. The van der Waals surface area contributed by atoms with Gasteiger partial charge in [0.2, 0.25) is 10.0 Å². The Balaban J connectivity index is 1.66. The van der Waals surface area contributed by atoms with Gasteiger partial charge in [-0.3, -0.25) is 0 Å². The van der Waals surface area contributed by atoms with Crippen LogP contribution in [-0.4, -0.2) is 61.9 Å². The minimum Gasteiger partial charge on any atom is -0.367 e. The molecule has 3 rings (SSSR count). The maximum atomic E-state index is 12.6. The van der Waals surface area contributed by atoms with Crippen molar-refractivity contribution in [1.29, 1.82) is 0 Å². The van der Waals surface area contributed by atoms with Crippen molar-refractivity contribution in [3.8, 4) is 0 Å². The second-order valence-electron chi connectivity index (χ2n) is 6.71. The molecule has 1 aromatic rings. The number of hydrogen-bond donors (Lipinski definition) is 1. The fraction of sp³-hybridized carbons (Fsp3) is 0.688. The summed E-state index contributed by atoms with van der Waals surface area (Å²) < 4.78 is 26.8. The highest BCUT2D eigenvalue weighted by atomic mass is 32.2. The maximum Gasteiger partial charge on any atom is 0.244 e. The van der Waals surface area contributed by atoms with Gasteiger partial charge in [0.25, 0.3) is 0 Å². The lowest BCUT2D eigenvalue weighted by molar-refractivity contribution is 0.222. The molecule has 1 unspecified atom stereocenters. The van der Waals surface area contributed by atoms with E-state index in [4.69, 9.17) is 0 Å². The van der Waals surface area contributed by atoms with Gasteiger partial charge in [0.1, 0.15) is 10.7 Å². The van der Waals surface area contributed by atoms with Gasteiger partial charge >= 0.3 is 0 Å². The summed E-state index contributed by atoms with van der Waals surface area (Å²) in [5, 5.41) is 3.38. The number of likely N-dealkylation sites (N-methyl/N-ethyl adjacent to an activating group) is 1. The third kappa shape index (κ3) is 3.67. The molecular formula is C16H26N4O2S. The topological polar surface area (TPSA) is 65.5 Å². The normalized spacial score (nSPS) is 22.5. The number of anilines is 1. The smallest absolute Gasteiger partial charge is 0.244 e. The van der Waals surface area contributed by atoms with Crippen LogP contribution < -0.4 is 5.32 Å². The molecule has 2 aliphatic rings. The molecule has 1 atom stereocenters. The van der Waals surface area contributed by atoms with Gasteiger partial charge in [-0.2, -0.15) is 4.31 Å². The predicted octanol–water partition coefficient (Wildman–Crippen LogP) is 1.62. The molecule has 1 aliphatic carbocycles. The van der Waals surface area contributed by atoms with Crippen molar-refractivity contribution < 1.29 is 8.42 Å². The van der Waals surface area contributed by atoms with Crippen molar-refractivity contribution in [2.24, 2.45) is 5.92 Å². The van der Waals surface area contributed by atoms with Crippen LogP contribution in [0.15, 0.2) is 23.2 Å². The van der Waals surface area contributed by atoms with Crippen LogP contribution in [0.4, 0.5) is 5.82 Å². The zero-order valence-electron chi connectivity index (χ0n) is 13.9. The van der Waals surface area contributed by atoms with E-state index < -0.39 is 10.0 Å². The first-order valence-electron chi connectivity index (χ1n) is 8.38. The first-order chi connectivity index (χ1) is 11.0. The maximum absolute atomic E-state index is 12.6. The lowest BCUT2D eigenvalue weighted by atomic mass is 9.80. The van der Waals surface area contributed by atoms with E-state index >= 15 is 0 Å². The molecule has 1 N–H and O–H groups in total. The van der Waals surface area contributed by atoms with Crippen molar-refractivity contribution >= 4 is 15.8 Å². The Morgan fingerprint density at radius 2 is 1.91 bits per heavy atom. The van der Waals surface area contributed by atoms with Gasteiger partial charge < -0.3 is 10.2 Å². The molecule has 128 valence electrons. The van der Waals surface area contributed by atoms with Crippen molar-refractivity contribution in [3.63, 3.8) is 0 Å². The molecule has 1 aliphatic heterocycles. The van der Waals surface area contributed by atoms with E-state index in [9.17, 15) is 8.42 Å². The van der Waals surface area contributed by atoms with Crippen LogP contribution in [0.3, 0.4) is 0 Å². The summed E-state index contributed by atoms with van der Waals surface area (Å²) in [7, 11) is -1.41. The fourth-order valence-electron chi connectivity index (χ4n) is 3.09. The number of nitrogens with zero attached hydrogens (tertiary/aromatic N) is 3. The van der Waals surface area contributed by atoms with Crippen molar-refractivity contribution in [2.45, 2.75) is 37.1 Å². The number of nitrogens with one attached hydrogen (secondary N) is 1. The summed E-state index contributed by atoms with van der Waals surface area (Å²) in [6.45, 7) is 4.78. The molecule has 7 heteroatoms. The Kier molecular flexibility index (Phi) is 4.89. The second kappa shape index (κ2) is 6.75. The Labute approximate surface area is 138 Å². The third-order valence-corrected chi connectivity index (χ3v) is 6.95. The highest BCUT2D eigenvalue weighted by Crippen LogP contribution is 2.30. The number of pyridine rings is 1. The van der Waals surface area contributed by atoms with Crippen LogP contribution in [0.25, 0.3) is 0 Å². The van der Waals surface area contributed by atoms with Crippen molar-refractivity contribution in [3.05, 3.63) is 18.3 Å². The molecular weight excluding hydrogens is 312 g/mol. The van der Waals surface area contributed by atoms with Crippen LogP contribution in [0, 0.1) is 5.92 Å². The highest BCUT2D eigenvalue weighted by molar-refractivity contribution is 7.89. The van der Waals surface area contributed by atoms with Gasteiger partial charge in [-0.05, 0) is 44.9 Å². The fourth-order valence-corrected chi connectivity index (χ4v) is 4.45. The minimum absolute atomic E-state index is 0.281. The molecule has 23 heavy (non-hydrogen) atoms. The van der Waals surface area contributed by atoms with Crippen molar-refractivity contribution in [1.82, 2.24) is 14.2 Å². The number of hydrogen-bond acceptors (Lipinski definition) is 5. The first kappa shape index (κ1) is 16.7. The van der Waals surface area contributed by atoms with Gasteiger partial charge in [-0.25, -0.2) is 13.4 Å². The van der Waals surface area contributed by atoms with E-state index in [0.717, 1.165) is 18.9 Å². The number of rotatable bonds is 5.